The van der Waals surface area contributed by atoms with Crippen molar-refractivity contribution in [3.05, 3.63) is 28.8 Å². The van der Waals surface area contributed by atoms with Gasteiger partial charge in [-0.15, -0.1) is 0 Å². The zero-order valence-electron chi connectivity index (χ0n) is 8.65. The molecule has 0 spiro atoms. The van der Waals surface area contributed by atoms with E-state index in [1.807, 2.05) is 0 Å². The van der Waals surface area contributed by atoms with Crippen molar-refractivity contribution in [2.45, 2.75) is 12.0 Å². The summed E-state index contributed by atoms with van der Waals surface area (Å²) < 4.78 is 31.1. The van der Waals surface area contributed by atoms with Crippen LogP contribution < -0.4 is 4.74 Å². The number of aliphatic carboxylic acids is 1. The molecule has 0 bridgehead atoms. The quantitative estimate of drug-likeness (QED) is 0.876. The molecule has 1 rings (SSSR count). The summed E-state index contributed by atoms with van der Waals surface area (Å²) in [5.74, 6) is -6.89. The lowest BCUT2D eigenvalue weighted by Gasteiger charge is -2.21. The highest BCUT2D eigenvalue weighted by molar-refractivity contribution is 6.31. The number of hydrogen-bond donors (Lipinski definition) is 2. The number of alkyl halides is 2. The monoisotopic (exact) mass is 266 g/mol. The van der Waals surface area contributed by atoms with E-state index in [9.17, 15) is 18.7 Å². The fourth-order valence-corrected chi connectivity index (χ4v) is 1.53. The predicted molar refractivity (Wildman–Crippen MR) is 55.5 cm³/mol. The molecule has 0 fully saturated rings. The molecule has 17 heavy (non-hydrogen) atoms. The Kier molecular flexibility index (Phi) is 3.90. The first-order chi connectivity index (χ1) is 7.82. The first-order valence-electron chi connectivity index (χ1n) is 4.44. The Hall–Kier alpha value is -1.40. The van der Waals surface area contributed by atoms with Crippen molar-refractivity contribution in [2.75, 3.05) is 7.11 Å². The van der Waals surface area contributed by atoms with Crippen LogP contribution >= 0.6 is 11.6 Å². The van der Waals surface area contributed by atoms with Gasteiger partial charge in [-0.25, -0.2) is 4.79 Å². The van der Waals surface area contributed by atoms with Crippen LogP contribution in [0.3, 0.4) is 0 Å². The maximum atomic E-state index is 13.2. The normalized spacial score (nSPS) is 13.2. The molecule has 0 radical (unpaired) electrons. The molecule has 0 aliphatic rings. The minimum Gasteiger partial charge on any atom is -0.496 e. The Morgan fingerprint density at radius 2 is 2.12 bits per heavy atom. The molecule has 0 saturated heterocycles. The lowest BCUT2D eigenvalue weighted by atomic mass is 10.0. The van der Waals surface area contributed by atoms with Gasteiger partial charge in [0.1, 0.15) is 5.75 Å². The second kappa shape index (κ2) is 4.85. The van der Waals surface area contributed by atoms with Gasteiger partial charge in [0, 0.05) is 5.56 Å². The summed E-state index contributed by atoms with van der Waals surface area (Å²) in [6, 6.07) is 3.97. The van der Waals surface area contributed by atoms with E-state index in [1.165, 1.54) is 25.3 Å². The summed E-state index contributed by atoms with van der Waals surface area (Å²) in [5, 5.41) is 17.6. The average Bonchev–Trinajstić information content (AvgIpc) is 2.27. The van der Waals surface area contributed by atoms with Gasteiger partial charge in [-0.2, -0.15) is 8.78 Å². The van der Waals surface area contributed by atoms with E-state index in [-0.39, 0.29) is 10.8 Å². The Morgan fingerprint density at radius 1 is 1.53 bits per heavy atom. The molecule has 7 heteroatoms. The van der Waals surface area contributed by atoms with Gasteiger partial charge in [-0.05, 0) is 12.1 Å². The third-order valence-electron chi connectivity index (χ3n) is 2.13. The van der Waals surface area contributed by atoms with Crippen LogP contribution in [-0.4, -0.2) is 29.2 Å². The summed E-state index contributed by atoms with van der Waals surface area (Å²) in [5.41, 5.74) is -0.455. The molecule has 94 valence electrons. The second-order valence-electron chi connectivity index (χ2n) is 3.19. The highest BCUT2D eigenvalue weighted by Gasteiger charge is 2.49. The maximum absolute atomic E-state index is 13.2. The number of aliphatic hydroxyl groups is 1. The predicted octanol–water partition coefficient (Wildman–Crippen LogP) is 2.10. The fraction of sp³-hybridized carbons (Fsp3) is 0.300. The fourth-order valence-electron chi connectivity index (χ4n) is 1.26. The molecule has 4 nitrogen and oxygen atoms in total. The molecule has 0 aliphatic carbocycles. The smallest absolute Gasteiger partial charge is 0.377 e. The Balaban J connectivity index is 3.29. The van der Waals surface area contributed by atoms with E-state index in [0.717, 1.165) is 0 Å². The first kappa shape index (κ1) is 13.7. The summed E-state index contributed by atoms with van der Waals surface area (Å²) in [6.07, 6.45) is -2.58. The zero-order valence-corrected chi connectivity index (χ0v) is 9.41. The summed E-state index contributed by atoms with van der Waals surface area (Å²) >= 11 is 5.65. The van der Waals surface area contributed by atoms with Gasteiger partial charge in [0.25, 0.3) is 0 Å². The van der Waals surface area contributed by atoms with E-state index < -0.39 is 23.6 Å². The molecule has 0 aliphatic heterocycles. The zero-order chi connectivity index (χ0) is 13.2. The number of benzene rings is 1. The van der Waals surface area contributed by atoms with Crippen molar-refractivity contribution in [3.8, 4) is 5.75 Å². The number of carboxylic acid groups (broad SMARTS) is 1. The summed E-state index contributed by atoms with van der Waals surface area (Å²) in [4.78, 5) is 10.4. The van der Waals surface area contributed by atoms with Crippen LogP contribution in [0.2, 0.25) is 5.02 Å². The van der Waals surface area contributed by atoms with Gasteiger partial charge in [0.05, 0.1) is 12.1 Å². The topological polar surface area (TPSA) is 66.8 Å². The molecule has 1 aromatic rings. The van der Waals surface area contributed by atoms with Crippen LogP contribution in [0.4, 0.5) is 8.78 Å². The number of methoxy groups -OCH3 is 1. The Labute approximate surface area is 100 Å². The van der Waals surface area contributed by atoms with Gasteiger partial charge in [-0.1, -0.05) is 17.7 Å². The van der Waals surface area contributed by atoms with Gasteiger partial charge in [0.15, 0.2) is 6.10 Å². The first-order valence-corrected chi connectivity index (χ1v) is 4.81. The molecular formula is C10H9ClF2O4. The SMILES string of the molecule is COc1cccc(Cl)c1C(O)C(F)(F)C(=O)O. The minimum absolute atomic E-state index is 0.106. The largest absolute Gasteiger partial charge is 0.496 e. The Morgan fingerprint density at radius 3 is 2.59 bits per heavy atom. The van der Waals surface area contributed by atoms with Crippen LogP contribution in [-0.2, 0) is 4.79 Å². The number of carboxylic acids is 1. The van der Waals surface area contributed by atoms with E-state index in [1.54, 1.807) is 0 Å². The van der Waals surface area contributed by atoms with Crippen molar-refractivity contribution in [1.29, 1.82) is 0 Å². The highest BCUT2D eigenvalue weighted by atomic mass is 35.5. The maximum Gasteiger partial charge on any atom is 0.377 e. The van der Waals surface area contributed by atoms with Crippen molar-refractivity contribution in [1.82, 2.24) is 0 Å². The van der Waals surface area contributed by atoms with Crippen molar-refractivity contribution in [2.24, 2.45) is 0 Å². The number of rotatable bonds is 4. The lowest BCUT2D eigenvalue weighted by Crippen LogP contribution is -2.35. The Bertz CT molecular complexity index is 436. The molecular weight excluding hydrogens is 258 g/mol. The van der Waals surface area contributed by atoms with E-state index in [4.69, 9.17) is 21.4 Å². The van der Waals surface area contributed by atoms with E-state index in [2.05, 4.69) is 0 Å². The van der Waals surface area contributed by atoms with Crippen LogP contribution in [0.5, 0.6) is 5.75 Å². The molecule has 1 unspecified atom stereocenters. The summed E-state index contributed by atoms with van der Waals surface area (Å²) in [7, 11) is 1.20. The summed E-state index contributed by atoms with van der Waals surface area (Å²) in [6.45, 7) is 0. The van der Waals surface area contributed by atoms with Crippen molar-refractivity contribution < 1.29 is 28.5 Å². The number of ether oxygens (including phenoxy) is 1. The van der Waals surface area contributed by atoms with Gasteiger partial charge in [-0.3, -0.25) is 0 Å². The highest BCUT2D eigenvalue weighted by Crippen LogP contribution is 2.40. The standard InChI is InChI=1S/C10H9ClF2O4/c1-17-6-4-2-3-5(11)7(6)8(14)10(12,13)9(15)16/h2-4,8,14H,1H3,(H,15,16). The van der Waals surface area contributed by atoms with Crippen LogP contribution in [0.1, 0.15) is 11.7 Å². The molecule has 0 aromatic heterocycles. The molecule has 0 saturated carbocycles. The van der Waals surface area contributed by atoms with Crippen molar-refractivity contribution >= 4 is 17.6 Å². The molecule has 1 aromatic carbocycles. The van der Waals surface area contributed by atoms with Gasteiger partial charge in [0.2, 0.25) is 0 Å². The van der Waals surface area contributed by atoms with Gasteiger partial charge < -0.3 is 14.9 Å². The molecule has 0 amide bonds. The van der Waals surface area contributed by atoms with Crippen LogP contribution in [0.15, 0.2) is 18.2 Å². The minimum atomic E-state index is -4.35. The third kappa shape index (κ3) is 2.48. The third-order valence-corrected chi connectivity index (χ3v) is 2.46. The molecule has 0 heterocycles. The second-order valence-corrected chi connectivity index (χ2v) is 3.59. The van der Waals surface area contributed by atoms with Crippen LogP contribution in [0.25, 0.3) is 0 Å². The van der Waals surface area contributed by atoms with E-state index >= 15 is 0 Å². The number of halogens is 3. The van der Waals surface area contributed by atoms with Crippen LogP contribution in [0, 0.1) is 0 Å². The lowest BCUT2D eigenvalue weighted by molar-refractivity contribution is -0.183. The van der Waals surface area contributed by atoms with Crippen molar-refractivity contribution in [3.63, 3.8) is 0 Å². The number of aliphatic hydroxyl groups excluding tert-OH is 1. The number of carbonyl (C=O) groups is 1. The number of hydrogen-bond acceptors (Lipinski definition) is 3. The van der Waals surface area contributed by atoms with E-state index in [0.29, 0.717) is 0 Å². The molecule has 1 atom stereocenters. The molecule has 2 N–H and O–H groups in total. The average molecular weight is 267 g/mol. The van der Waals surface area contributed by atoms with Gasteiger partial charge >= 0.3 is 11.9 Å².